The third-order valence-electron chi connectivity index (χ3n) is 10.2. The first-order valence-electron chi connectivity index (χ1n) is 17.6. The van der Waals surface area contributed by atoms with Crippen LogP contribution < -0.4 is 4.72 Å². The Balaban J connectivity index is 1.14. The second kappa shape index (κ2) is 16.0. The number of sulfonamides is 1. The van der Waals surface area contributed by atoms with Crippen LogP contribution in [0.4, 0.5) is 0 Å². The number of hydrogen-bond donors (Lipinski definition) is 3. The summed E-state index contributed by atoms with van der Waals surface area (Å²) in [6.45, 7) is 2.10. The molecule has 0 radical (unpaired) electrons. The molecule has 2 aliphatic heterocycles. The maximum Gasteiger partial charge on any atom is 0.240 e. The van der Waals surface area contributed by atoms with Crippen molar-refractivity contribution < 1.29 is 28.1 Å². The molecular formula is C42H43ClN2O6S. The minimum atomic E-state index is -3.65. The van der Waals surface area contributed by atoms with E-state index in [9.17, 15) is 18.6 Å². The number of rotatable bonds is 11. The molecule has 2 saturated heterocycles. The second-order valence-corrected chi connectivity index (χ2v) is 15.8. The van der Waals surface area contributed by atoms with E-state index in [1.54, 1.807) is 30.3 Å². The molecule has 3 N–H and O–H groups in total. The van der Waals surface area contributed by atoms with Gasteiger partial charge in [0.1, 0.15) is 0 Å². The highest BCUT2D eigenvalue weighted by molar-refractivity contribution is 7.89. The van der Waals surface area contributed by atoms with Crippen LogP contribution in [0.25, 0.3) is 0 Å². The zero-order chi connectivity index (χ0) is 36.1. The largest absolute Gasteiger partial charge is 0.392 e. The summed E-state index contributed by atoms with van der Waals surface area (Å²) in [6.07, 6.45) is -0.175. The summed E-state index contributed by atoms with van der Waals surface area (Å²) < 4.78 is 42.1. The molecule has 5 aromatic rings. The van der Waals surface area contributed by atoms with Crippen molar-refractivity contribution in [3.05, 3.63) is 172 Å². The van der Waals surface area contributed by atoms with Crippen LogP contribution in [0.1, 0.15) is 64.5 Å². The van der Waals surface area contributed by atoms with Crippen molar-refractivity contribution >= 4 is 21.6 Å². The van der Waals surface area contributed by atoms with Gasteiger partial charge in [-0.2, -0.15) is 0 Å². The van der Waals surface area contributed by atoms with Gasteiger partial charge in [0.2, 0.25) is 10.0 Å². The first kappa shape index (κ1) is 36.5. The molecule has 2 aliphatic rings. The number of hydrogen-bond acceptors (Lipinski definition) is 7. The molecule has 2 heterocycles. The SMILES string of the molecule is O=S(=O)(NCc1ccc(C2O[C@H](CN3CCC(O)(c4ccc(Cl)cc4)CC3)[C@@H](c3ccccc3)[C@H](c3ccc(CO)cc3)O2)cc1)c1ccccc1. The number of likely N-dealkylation sites (tertiary alicyclic amines) is 1. The minimum Gasteiger partial charge on any atom is -0.392 e. The zero-order valence-corrected chi connectivity index (χ0v) is 30.3. The standard InChI is InChI=1S/C42H43ClN2O6S/c43-36-21-19-35(20-22-36)42(47)23-25-45(26-24-42)28-38-39(32-7-3-1-4-8-32)40(33-15-13-31(29-46)14-16-33)51-41(50-38)34-17-11-30(12-18-34)27-44-52(48,49)37-9-5-2-6-10-37/h1-22,38-41,44,46-47H,23-29H2/t38-,39-,40+,41?/m1/s1. The molecular weight excluding hydrogens is 696 g/mol. The third-order valence-corrected chi connectivity index (χ3v) is 11.9. The Bertz CT molecular complexity index is 2010. The smallest absolute Gasteiger partial charge is 0.240 e. The van der Waals surface area contributed by atoms with Crippen LogP contribution in [0.15, 0.2) is 138 Å². The van der Waals surface area contributed by atoms with Crippen LogP contribution in [0.2, 0.25) is 5.02 Å². The van der Waals surface area contributed by atoms with Crippen molar-refractivity contribution in [2.75, 3.05) is 19.6 Å². The number of aliphatic hydroxyl groups excluding tert-OH is 1. The van der Waals surface area contributed by atoms with E-state index in [4.69, 9.17) is 21.1 Å². The summed E-state index contributed by atoms with van der Waals surface area (Å²) in [5, 5.41) is 22.0. The van der Waals surface area contributed by atoms with Gasteiger partial charge in [0.15, 0.2) is 6.29 Å². The van der Waals surface area contributed by atoms with Gasteiger partial charge < -0.3 is 24.6 Å². The molecule has 0 saturated carbocycles. The third kappa shape index (κ3) is 8.33. The average Bonchev–Trinajstić information content (AvgIpc) is 3.19. The number of piperidine rings is 1. The molecule has 8 nitrogen and oxygen atoms in total. The summed E-state index contributed by atoms with van der Waals surface area (Å²) in [5.41, 5.74) is 4.47. The molecule has 0 amide bonds. The van der Waals surface area contributed by atoms with Gasteiger partial charge in [-0.05, 0) is 64.9 Å². The van der Waals surface area contributed by atoms with Crippen LogP contribution in [0.3, 0.4) is 0 Å². The van der Waals surface area contributed by atoms with E-state index in [1.807, 2.05) is 91.0 Å². The van der Waals surface area contributed by atoms with Gasteiger partial charge in [0.25, 0.3) is 0 Å². The van der Waals surface area contributed by atoms with Gasteiger partial charge in [-0.1, -0.05) is 121 Å². The van der Waals surface area contributed by atoms with E-state index in [1.165, 1.54) is 0 Å². The molecule has 0 aliphatic carbocycles. The molecule has 4 atom stereocenters. The molecule has 2 fully saturated rings. The molecule has 0 spiro atoms. The fraction of sp³-hybridized carbons (Fsp3) is 0.286. The summed E-state index contributed by atoms with van der Waals surface area (Å²) in [4.78, 5) is 2.58. The fourth-order valence-electron chi connectivity index (χ4n) is 7.23. The van der Waals surface area contributed by atoms with E-state index in [2.05, 4.69) is 21.8 Å². The molecule has 1 unspecified atom stereocenters. The fourth-order valence-corrected chi connectivity index (χ4v) is 8.39. The Hall–Kier alpha value is -3.90. The van der Waals surface area contributed by atoms with E-state index >= 15 is 0 Å². The van der Waals surface area contributed by atoms with Crippen LogP contribution in [0, 0.1) is 0 Å². The van der Waals surface area contributed by atoms with E-state index in [0.29, 0.717) is 37.5 Å². The number of halogens is 1. The molecule has 5 aromatic carbocycles. The van der Waals surface area contributed by atoms with Gasteiger partial charge in [-0.25, -0.2) is 13.1 Å². The van der Waals surface area contributed by atoms with E-state index < -0.39 is 21.9 Å². The maximum atomic E-state index is 12.8. The average molecular weight is 739 g/mol. The number of aliphatic hydroxyl groups is 2. The Morgan fingerprint density at radius 2 is 1.33 bits per heavy atom. The van der Waals surface area contributed by atoms with Gasteiger partial charge in [-0.15, -0.1) is 0 Å². The Labute approximate surface area is 310 Å². The zero-order valence-electron chi connectivity index (χ0n) is 28.7. The quantitative estimate of drug-likeness (QED) is 0.131. The highest BCUT2D eigenvalue weighted by Crippen LogP contribution is 2.47. The Morgan fingerprint density at radius 1 is 0.731 bits per heavy atom. The second-order valence-electron chi connectivity index (χ2n) is 13.6. The Morgan fingerprint density at radius 3 is 1.96 bits per heavy atom. The van der Waals surface area contributed by atoms with Crippen LogP contribution in [-0.2, 0) is 38.2 Å². The molecule has 270 valence electrons. The first-order chi connectivity index (χ1) is 25.2. The lowest BCUT2D eigenvalue weighted by atomic mass is 9.81. The lowest BCUT2D eigenvalue weighted by Crippen LogP contribution is -2.49. The van der Waals surface area contributed by atoms with E-state index in [0.717, 1.165) is 33.4 Å². The first-order valence-corrected chi connectivity index (χ1v) is 19.5. The van der Waals surface area contributed by atoms with Crippen LogP contribution in [0.5, 0.6) is 0 Å². The Kier molecular flexibility index (Phi) is 11.2. The van der Waals surface area contributed by atoms with Crippen molar-refractivity contribution in [3.8, 4) is 0 Å². The number of ether oxygens (including phenoxy) is 2. The summed E-state index contributed by atoms with van der Waals surface area (Å²) in [7, 11) is -3.65. The van der Waals surface area contributed by atoms with Gasteiger partial charge in [0.05, 0.1) is 29.3 Å². The highest BCUT2D eigenvalue weighted by atomic mass is 35.5. The molecule has 7 rings (SSSR count). The van der Waals surface area contributed by atoms with Crippen LogP contribution >= 0.6 is 11.6 Å². The normalized spacial score (nSPS) is 22.2. The predicted octanol–water partition coefficient (Wildman–Crippen LogP) is 7.23. The molecule has 52 heavy (non-hydrogen) atoms. The summed E-state index contributed by atoms with van der Waals surface area (Å²) in [6, 6.07) is 41.6. The molecule has 10 heteroatoms. The topological polar surface area (TPSA) is 108 Å². The minimum absolute atomic E-state index is 0.0482. The molecule has 0 bridgehead atoms. The summed E-state index contributed by atoms with van der Waals surface area (Å²) >= 11 is 6.13. The lowest BCUT2D eigenvalue weighted by molar-refractivity contribution is -0.264. The van der Waals surface area contributed by atoms with Crippen molar-refractivity contribution in [1.29, 1.82) is 0 Å². The number of nitrogens with one attached hydrogen (secondary N) is 1. The lowest BCUT2D eigenvalue weighted by Gasteiger charge is -2.46. The predicted molar refractivity (Wildman–Crippen MR) is 201 cm³/mol. The summed E-state index contributed by atoms with van der Waals surface area (Å²) in [5.74, 6) is -0.152. The maximum absolute atomic E-state index is 12.8. The van der Waals surface area contributed by atoms with E-state index in [-0.39, 0.29) is 36.2 Å². The van der Waals surface area contributed by atoms with Crippen LogP contribution in [-0.4, -0.2) is 49.3 Å². The van der Waals surface area contributed by atoms with Crippen molar-refractivity contribution in [2.45, 2.75) is 60.9 Å². The number of nitrogens with zero attached hydrogens (tertiary/aromatic N) is 1. The van der Waals surface area contributed by atoms with Crippen molar-refractivity contribution in [3.63, 3.8) is 0 Å². The van der Waals surface area contributed by atoms with Gasteiger partial charge in [0, 0.05) is 42.7 Å². The highest BCUT2D eigenvalue weighted by Gasteiger charge is 2.43. The van der Waals surface area contributed by atoms with Gasteiger partial charge in [-0.3, -0.25) is 0 Å². The molecule has 0 aromatic heterocycles. The van der Waals surface area contributed by atoms with Gasteiger partial charge >= 0.3 is 0 Å². The number of benzene rings is 5. The monoisotopic (exact) mass is 738 g/mol. The van der Waals surface area contributed by atoms with Crippen molar-refractivity contribution in [1.82, 2.24) is 9.62 Å². The van der Waals surface area contributed by atoms with Crippen molar-refractivity contribution in [2.24, 2.45) is 0 Å².